The van der Waals surface area contributed by atoms with Crippen LogP contribution in [0.2, 0.25) is 0 Å². The lowest BCUT2D eigenvalue weighted by Crippen LogP contribution is -2.42. The summed E-state index contributed by atoms with van der Waals surface area (Å²) in [6.45, 7) is 2.68. The predicted octanol–water partition coefficient (Wildman–Crippen LogP) is 4.22. The summed E-state index contributed by atoms with van der Waals surface area (Å²) in [6.07, 6.45) is 9.42. The van der Waals surface area contributed by atoms with E-state index in [0.29, 0.717) is 0 Å². The molecule has 0 amide bonds. The van der Waals surface area contributed by atoms with E-state index in [0.717, 1.165) is 44.4 Å². The molecule has 0 N–H and O–H groups in total. The van der Waals surface area contributed by atoms with Crippen LogP contribution < -0.4 is 0 Å². The van der Waals surface area contributed by atoms with E-state index in [2.05, 4.69) is 42.3 Å². The summed E-state index contributed by atoms with van der Waals surface area (Å²) in [5.41, 5.74) is 1.36. The lowest BCUT2D eigenvalue weighted by atomic mass is 9.69. The van der Waals surface area contributed by atoms with Gasteiger partial charge in [-0.2, -0.15) is 0 Å². The van der Waals surface area contributed by atoms with Crippen LogP contribution in [0.5, 0.6) is 0 Å². The molecule has 1 spiro atoms. The number of hydrogen-bond donors (Lipinski definition) is 0. The van der Waals surface area contributed by atoms with Crippen LogP contribution in [0.15, 0.2) is 30.3 Å². The average Bonchev–Trinajstić information content (AvgIpc) is 2.97. The van der Waals surface area contributed by atoms with Crippen molar-refractivity contribution in [2.75, 3.05) is 20.2 Å². The second kappa shape index (κ2) is 7.15. The molecule has 24 heavy (non-hydrogen) atoms. The highest BCUT2D eigenvalue weighted by Gasteiger charge is 2.48. The molecule has 3 fully saturated rings. The van der Waals surface area contributed by atoms with Crippen LogP contribution in [-0.4, -0.2) is 37.0 Å². The number of rotatable bonds is 4. The van der Waals surface area contributed by atoms with Gasteiger partial charge in [-0.05, 0) is 37.3 Å². The standard InChI is InChI=1S/C21H31NO2/c1-22(14-17-7-3-2-4-8-17)15-20-16-23-21(24-20)12-11-18-9-5-6-10-19(18)13-21/h2-4,7-8,18-20H,5-6,9-16H2,1H3. The van der Waals surface area contributed by atoms with Crippen molar-refractivity contribution in [1.29, 1.82) is 0 Å². The Kier molecular flexibility index (Phi) is 4.93. The molecule has 1 aromatic rings. The molecule has 2 saturated carbocycles. The zero-order valence-electron chi connectivity index (χ0n) is 15.0. The van der Waals surface area contributed by atoms with E-state index >= 15 is 0 Å². The zero-order chi connectivity index (χ0) is 16.4. The van der Waals surface area contributed by atoms with Crippen LogP contribution in [0.4, 0.5) is 0 Å². The van der Waals surface area contributed by atoms with Gasteiger partial charge in [0.25, 0.3) is 0 Å². The first-order valence-electron chi connectivity index (χ1n) is 9.77. The minimum absolute atomic E-state index is 0.221. The Bertz CT molecular complexity index is 534. The highest BCUT2D eigenvalue weighted by Crippen LogP contribution is 2.48. The molecule has 0 bridgehead atoms. The maximum Gasteiger partial charge on any atom is 0.169 e. The number of nitrogens with zero attached hydrogens (tertiary/aromatic N) is 1. The van der Waals surface area contributed by atoms with E-state index in [4.69, 9.17) is 9.47 Å². The lowest BCUT2D eigenvalue weighted by Gasteiger charge is -2.43. The van der Waals surface area contributed by atoms with Gasteiger partial charge in [-0.3, -0.25) is 4.90 Å². The summed E-state index contributed by atoms with van der Waals surface area (Å²) >= 11 is 0. The van der Waals surface area contributed by atoms with Crippen LogP contribution in [0.3, 0.4) is 0 Å². The van der Waals surface area contributed by atoms with Crippen molar-refractivity contribution in [2.24, 2.45) is 11.8 Å². The van der Waals surface area contributed by atoms with E-state index in [1.165, 1.54) is 37.7 Å². The van der Waals surface area contributed by atoms with Gasteiger partial charge < -0.3 is 9.47 Å². The van der Waals surface area contributed by atoms with Gasteiger partial charge in [0.15, 0.2) is 5.79 Å². The van der Waals surface area contributed by atoms with Crippen molar-refractivity contribution in [1.82, 2.24) is 4.90 Å². The van der Waals surface area contributed by atoms with E-state index in [-0.39, 0.29) is 11.9 Å². The second-order valence-corrected chi connectivity index (χ2v) is 8.19. The third-order valence-corrected chi connectivity index (χ3v) is 6.26. The van der Waals surface area contributed by atoms with Crippen molar-refractivity contribution in [3.8, 4) is 0 Å². The molecule has 3 nitrogen and oxygen atoms in total. The number of fused-ring (bicyclic) bond motifs is 1. The normalized spacial score (nSPS) is 36.2. The molecule has 0 aromatic heterocycles. The molecule has 4 rings (SSSR count). The molecule has 1 heterocycles. The van der Waals surface area contributed by atoms with Crippen molar-refractivity contribution < 1.29 is 9.47 Å². The van der Waals surface area contributed by atoms with Crippen molar-refractivity contribution in [3.05, 3.63) is 35.9 Å². The van der Waals surface area contributed by atoms with Gasteiger partial charge in [-0.25, -0.2) is 0 Å². The SMILES string of the molecule is CN(Cc1ccccc1)CC1COC2(CCC3CCCCC3C2)O1. The molecule has 1 aliphatic heterocycles. The van der Waals surface area contributed by atoms with Gasteiger partial charge >= 0.3 is 0 Å². The molecule has 4 unspecified atom stereocenters. The van der Waals surface area contributed by atoms with Crippen LogP contribution in [-0.2, 0) is 16.0 Å². The molecule has 132 valence electrons. The van der Waals surface area contributed by atoms with E-state index in [1.54, 1.807) is 0 Å². The van der Waals surface area contributed by atoms with Crippen molar-refractivity contribution >= 4 is 0 Å². The Labute approximate surface area is 146 Å². The fourth-order valence-electron chi connectivity index (χ4n) is 5.09. The first-order chi connectivity index (χ1) is 11.7. The molecule has 2 aliphatic carbocycles. The molecule has 3 aliphatic rings. The Morgan fingerprint density at radius 2 is 1.88 bits per heavy atom. The number of benzene rings is 1. The summed E-state index contributed by atoms with van der Waals surface area (Å²) < 4.78 is 12.7. The van der Waals surface area contributed by atoms with Crippen molar-refractivity contribution in [3.63, 3.8) is 0 Å². The quantitative estimate of drug-likeness (QED) is 0.825. The summed E-state index contributed by atoms with van der Waals surface area (Å²) in [7, 11) is 2.18. The summed E-state index contributed by atoms with van der Waals surface area (Å²) in [5, 5.41) is 0. The van der Waals surface area contributed by atoms with Gasteiger partial charge in [-0.15, -0.1) is 0 Å². The van der Waals surface area contributed by atoms with Gasteiger partial charge in [0.1, 0.15) is 0 Å². The van der Waals surface area contributed by atoms with Gasteiger partial charge in [0.2, 0.25) is 0 Å². The minimum Gasteiger partial charge on any atom is -0.347 e. The summed E-state index contributed by atoms with van der Waals surface area (Å²) in [4.78, 5) is 2.36. The number of hydrogen-bond acceptors (Lipinski definition) is 3. The average molecular weight is 329 g/mol. The largest absolute Gasteiger partial charge is 0.347 e. The van der Waals surface area contributed by atoms with E-state index in [1.807, 2.05) is 0 Å². The maximum absolute atomic E-state index is 6.48. The van der Waals surface area contributed by atoms with Crippen LogP contribution in [0, 0.1) is 11.8 Å². The molecular formula is C21H31NO2. The van der Waals surface area contributed by atoms with Gasteiger partial charge in [0, 0.05) is 25.9 Å². The fraction of sp³-hybridized carbons (Fsp3) is 0.714. The number of likely N-dealkylation sites (N-methyl/N-ethyl adjacent to an activating group) is 1. The smallest absolute Gasteiger partial charge is 0.169 e. The van der Waals surface area contributed by atoms with Crippen LogP contribution in [0.1, 0.15) is 50.5 Å². The van der Waals surface area contributed by atoms with E-state index < -0.39 is 0 Å². The fourth-order valence-corrected chi connectivity index (χ4v) is 5.09. The van der Waals surface area contributed by atoms with Crippen molar-refractivity contribution in [2.45, 2.75) is 63.4 Å². The number of ether oxygens (including phenoxy) is 2. The Morgan fingerprint density at radius 3 is 2.71 bits per heavy atom. The Morgan fingerprint density at radius 1 is 1.08 bits per heavy atom. The Hall–Kier alpha value is -0.900. The Balaban J connectivity index is 1.30. The minimum atomic E-state index is -0.253. The van der Waals surface area contributed by atoms with Crippen LogP contribution >= 0.6 is 0 Å². The van der Waals surface area contributed by atoms with Gasteiger partial charge in [0.05, 0.1) is 12.7 Å². The lowest BCUT2D eigenvalue weighted by molar-refractivity contribution is -0.207. The molecule has 4 atom stereocenters. The van der Waals surface area contributed by atoms with Gasteiger partial charge in [-0.1, -0.05) is 49.6 Å². The third-order valence-electron chi connectivity index (χ3n) is 6.26. The monoisotopic (exact) mass is 329 g/mol. The predicted molar refractivity (Wildman–Crippen MR) is 95.6 cm³/mol. The summed E-state index contributed by atoms with van der Waals surface area (Å²) in [6, 6.07) is 10.7. The summed E-state index contributed by atoms with van der Waals surface area (Å²) in [5.74, 6) is 1.53. The molecule has 3 heteroatoms. The molecular weight excluding hydrogens is 298 g/mol. The van der Waals surface area contributed by atoms with Crippen LogP contribution in [0.25, 0.3) is 0 Å². The highest BCUT2D eigenvalue weighted by molar-refractivity contribution is 5.14. The zero-order valence-corrected chi connectivity index (χ0v) is 15.0. The topological polar surface area (TPSA) is 21.7 Å². The highest BCUT2D eigenvalue weighted by atomic mass is 16.7. The molecule has 1 saturated heterocycles. The first-order valence-corrected chi connectivity index (χ1v) is 9.77. The molecule has 1 aromatic carbocycles. The maximum atomic E-state index is 6.48. The molecule has 0 radical (unpaired) electrons. The first kappa shape index (κ1) is 16.6. The third kappa shape index (κ3) is 3.68. The van der Waals surface area contributed by atoms with E-state index in [9.17, 15) is 0 Å². The second-order valence-electron chi connectivity index (χ2n) is 8.19.